The smallest absolute Gasteiger partial charge is 0.223 e. The molecule has 1 aliphatic heterocycles. The highest BCUT2D eigenvalue weighted by atomic mass is 32.2. The zero-order chi connectivity index (χ0) is 21.4. The van der Waals surface area contributed by atoms with E-state index in [2.05, 4.69) is 54.6 Å². The van der Waals surface area contributed by atoms with Crippen molar-refractivity contribution in [2.75, 3.05) is 23.9 Å². The fourth-order valence-corrected chi connectivity index (χ4v) is 7.29. The van der Waals surface area contributed by atoms with Crippen LogP contribution in [0.25, 0.3) is 0 Å². The Morgan fingerprint density at radius 1 is 0.733 bits per heavy atom. The van der Waals surface area contributed by atoms with Crippen molar-refractivity contribution < 1.29 is 9.59 Å². The van der Waals surface area contributed by atoms with E-state index in [0.717, 1.165) is 16.3 Å². The minimum Gasteiger partial charge on any atom is -0.316 e. The van der Waals surface area contributed by atoms with Crippen LogP contribution < -0.4 is 9.80 Å². The second-order valence-corrected chi connectivity index (χ2v) is 10.1. The molecule has 0 aromatic heterocycles. The molecular formula is C24H23N2O2S2+. The van der Waals surface area contributed by atoms with Gasteiger partial charge in [0.25, 0.3) is 0 Å². The molecule has 4 rings (SSSR count). The Kier molecular flexibility index (Phi) is 5.62. The second kappa shape index (κ2) is 8.20. The van der Waals surface area contributed by atoms with Crippen molar-refractivity contribution in [3.63, 3.8) is 0 Å². The average molecular weight is 436 g/mol. The minimum absolute atomic E-state index is 0.0459. The number of carbonyl (C=O) groups is 2. The van der Waals surface area contributed by atoms with Crippen LogP contribution in [0, 0.1) is 0 Å². The summed E-state index contributed by atoms with van der Waals surface area (Å²) in [5.74, 6) is -0.0955. The Morgan fingerprint density at radius 3 is 1.80 bits per heavy atom. The Morgan fingerprint density at radius 2 is 1.27 bits per heavy atom. The van der Waals surface area contributed by atoms with Crippen molar-refractivity contribution in [1.82, 2.24) is 0 Å². The largest absolute Gasteiger partial charge is 0.316 e. The molecule has 0 aliphatic carbocycles. The first-order chi connectivity index (χ1) is 14.4. The summed E-state index contributed by atoms with van der Waals surface area (Å²) in [7, 11) is 3.18. The van der Waals surface area contributed by atoms with Gasteiger partial charge in [-0.25, -0.2) is 0 Å². The summed E-state index contributed by atoms with van der Waals surface area (Å²) in [6, 6.07) is 22.9. The van der Waals surface area contributed by atoms with Crippen molar-refractivity contribution in [3.8, 4) is 0 Å². The zero-order valence-corrected chi connectivity index (χ0v) is 19.0. The highest BCUT2D eigenvalue weighted by Gasteiger charge is 2.40. The van der Waals surface area contributed by atoms with E-state index in [-0.39, 0.29) is 22.7 Å². The fraction of sp³-hybridized carbons (Fsp3) is 0.167. The Balaban J connectivity index is 1.96. The van der Waals surface area contributed by atoms with E-state index in [1.54, 1.807) is 42.6 Å². The lowest BCUT2D eigenvalue weighted by Gasteiger charge is -2.24. The molecule has 30 heavy (non-hydrogen) atoms. The highest BCUT2D eigenvalue weighted by Crippen LogP contribution is 2.50. The van der Waals surface area contributed by atoms with Crippen molar-refractivity contribution in [2.45, 2.75) is 38.3 Å². The molecule has 0 atom stereocenters. The monoisotopic (exact) mass is 435 g/mol. The summed E-state index contributed by atoms with van der Waals surface area (Å²) in [4.78, 5) is 33.6. The lowest BCUT2D eigenvalue weighted by Crippen LogP contribution is -2.27. The summed E-state index contributed by atoms with van der Waals surface area (Å²) in [5, 5.41) is 0. The van der Waals surface area contributed by atoms with E-state index in [9.17, 15) is 9.59 Å². The van der Waals surface area contributed by atoms with Crippen molar-refractivity contribution in [1.29, 1.82) is 0 Å². The lowest BCUT2D eigenvalue weighted by atomic mass is 10.2. The molecule has 0 saturated carbocycles. The number of anilines is 2. The molecule has 3 aromatic rings. The predicted octanol–water partition coefficient (Wildman–Crippen LogP) is 5.21. The number of nitrogens with zero attached hydrogens (tertiary/aromatic N) is 2. The zero-order valence-electron chi connectivity index (χ0n) is 17.4. The van der Waals surface area contributed by atoms with Gasteiger partial charge >= 0.3 is 0 Å². The first-order valence-electron chi connectivity index (χ1n) is 9.61. The van der Waals surface area contributed by atoms with Crippen LogP contribution in [0.5, 0.6) is 0 Å². The Labute approximate surface area is 184 Å². The summed E-state index contributed by atoms with van der Waals surface area (Å²) in [6.07, 6.45) is 0. The van der Waals surface area contributed by atoms with Crippen LogP contribution in [0.4, 0.5) is 11.4 Å². The molecule has 0 N–H and O–H groups in total. The maximum Gasteiger partial charge on any atom is 0.223 e. The van der Waals surface area contributed by atoms with Crippen LogP contribution >= 0.6 is 11.8 Å². The first-order valence-corrected chi connectivity index (χ1v) is 11.7. The molecule has 6 heteroatoms. The molecule has 0 unspecified atom stereocenters. The standard InChI is InChI=1S/C24H23N2O2S2/c1-16(27)25(3)18-13-14-22(19(15-18)26(4)17(2)28)30-23-11-7-5-9-20(23)29-21-10-6-8-12-24(21)30/h5-15H,1-4H3/q+1. The molecular weight excluding hydrogens is 412 g/mol. The predicted molar refractivity (Wildman–Crippen MR) is 124 cm³/mol. The van der Waals surface area contributed by atoms with E-state index in [0.29, 0.717) is 0 Å². The van der Waals surface area contributed by atoms with Crippen LogP contribution in [-0.2, 0) is 20.5 Å². The van der Waals surface area contributed by atoms with Crippen LogP contribution in [0.3, 0.4) is 0 Å². The number of carbonyl (C=O) groups excluding carboxylic acids is 2. The van der Waals surface area contributed by atoms with E-state index in [1.807, 2.05) is 12.1 Å². The molecule has 3 aromatic carbocycles. The third-order valence-electron chi connectivity index (χ3n) is 5.21. The molecule has 1 heterocycles. The minimum atomic E-state index is -0.357. The van der Waals surface area contributed by atoms with Crippen LogP contribution in [0.1, 0.15) is 13.8 Å². The molecule has 0 radical (unpaired) electrons. The van der Waals surface area contributed by atoms with E-state index < -0.39 is 0 Å². The lowest BCUT2D eigenvalue weighted by molar-refractivity contribution is -0.117. The Bertz CT molecular complexity index is 1100. The van der Waals surface area contributed by atoms with Crippen molar-refractivity contribution in [3.05, 3.63) is 66.7 Å². The summed E-state index contributed by atoms with van der Waals surface area (Å²) >= 11 is 1.79. The molecule has 0 fully saturated rings. The topological polar surface area (TPSA) is 40.6 Å². The van der Waals surface area contributed by atoms with Gasteiger partial charge in [-0.3, -0.25) is 9.59 Å². The molecule has 4 nitrogen and oxygen atoms in total. The highest BCUT2D eigenvalue weighted by molar-refractivity contribution is 8.04. The molecule has 152 valence electrons. The quantitative estimate of drug-likeness (QED) is 0.415. The van der Waals surface area contributed by atoms with E-state index >= 15 is 0 Å². The molecule has 0 bridgehead atoms. The molecule has 1 aliphatic rings. The fourth-order valence-electron chi connectivity index (χ4n) is 3.38. The van der Waals surface area contributed by atoms with Gasteiger partial charge in [0.1, 0.15) is 16.6 Å². The molecule has 2 amide bonds. The molecule has 0 spiro atoms. The third kappa shape index (κ3) is 3.61. The van der Waals surface area contributed by atoms with Gasteiger partial charge in [-0.05, 0) is 42.5 Å². The van der Waals surface area contributed by atoms with Crippen molar-refractivity contribution >= 4 is 45.8 Å². The second-order valence-electron chi connectivity index (χ2n) is 7.11. The first kappa shape index (κ1) is 20.6. The van der Waals surface area contributed by atoms with Crippen LogP contribution in [0.2, 0.25) is 0 Å². The third-order valence-corrected chi connectivity index (χ3v) is 9.00. The van der Waals surface area contributed by atoms with Gasteiger partial charge in [0, 0.05) is 33.6 Å². The summed E-state index contributed by atoms with van der Waals surface area (Å²) < 4.78 is 0. The van der Waals surface area contributed by atoms with Crippen LogP contribution in [-0.4, -0.2) is 25.9 Å². The molecule has 0 saturated heterocycles. The number of rotatable bonds is 3. The van der Waals surface area contributed by atoms with Gasteiger partial charge in [0.15, 0.2) is 14.7 Å². The maximum atomic E-state index is 12.3. The van der Waals surface area contributed by atoms with E-state index in [4.69, 9.17) is 0 Å². The van der Waals surface area contributed by atoms with Gasteiger partial charge in [0.05, 0.1) is 9.79 Å². The van der Waals surface area contributed by atoms with Gasteiger partial charge in [0.2, 0.25) is 11.8 Å². The van der Waals surface area contributed by atoms with Gasteiger partial charge in [-0.15, -0.1) is 0 Å². The SMILES string of the molecule is CC(=O)N(C)c1ccc([S+]2c3ccccc3Sc3ccccc32)c(N(C)C(C)=O)c1. The Hall–Kier alpha value is -2.70. The number of benzene rings is 3. The summed E-state index contributed by atoms with van der Waals surface area (Å²) in [5.41, 5.74) is 1.60. The number of amides is 2. The van der Waals surface area contributed by atoms with Crippen LogP contribution in [0.15, 0.2) is 91.2 Å². The van der Waals surface area contributed by atoms with Gasteiger partial charge < -0.3 is 9.80 Å². The summed E-state index contributed by atoms with van der Waals surface area (Å²) in [6.45, 7) is 3.10. The normalized spacial score (nSPS) is 12.7. The van der Waals surface area contributed by atoms with Gasteiger partial charge in [-0.1, -0.05) is 36.0 Å². The van der Waals surface area contributed by atoms with Gasteiger partial charge in [-0.2, -0.15) is 0 Å². The maximum absolute atomic E-state index is 12.3. The van der Waals surface area contributed by atoms with E-state index in [1.165, 1.54) is 26.5 Å². The average Bonchev–Trinajstić information content (AvgIpc) is 2.76. The number of hydrogen-bond acceptors (Lipinski definition) is 3. The number of hydrogen-bond donors (Lipinski definition) is 0. The van der Waals surface area contributed by atoms with Crippen molar-refractivity contribution in [2.24, 2.45) is 0 Å². The number of fused-ring (bicyclic) bond motifs is 2.